The van der Waals surface area contributed by atoms with Crippen molar-refractivity contribution in [1.82, 2.24) is 0 Å². The lowest BCUT2D eigenvalue weighted by atomic mass is 9.99. The summed E-state index contributed by atoms with van der Waals surface area (Å²) in [5.41, 5.74) is 0.403. The molecule has 26 heavy (non-hydrogen) atoms. The summed E-state index contributed by atoms with van der Waals surface area (Å²) in [4.78, 5) is 0. The molecule has 1 fully saturated rings. The smallest absolute Gasteiger partial charge is 0.229 e. The van der Waals surface area contributed by atoms with Crippen LogP contribution in [-0.4, -0.2) is 90.9 Å². The monoisotopic (exact) mass is 376 g/mol. The molecule has 8 N–H and O–H groups in total. The molecule has 0 radical (unpaired) electrons. The van der Waals surface area contributed by atoms with E-state index in [2.05, 4.69) is 0 Å². The number of aliphatic hydroxyl groups is 8. The first-order chi connectivity index (χ1) is 12.3. The molecule has 0 spiro atoms. The Kier molecular flexibility index (Phi) is 7.29. The minimum atomic E-state index is -1.61. The van der Waals surface area contributed by atoms with Gasteiger partial charge in [0.15, 0.2) is 0 Å². The molecule has 0 aromatic heterocycles. The van der Waals surface area contributed by atoms with Gasteiger partial charge in [-0.25, -0.2) is 0 Å². The maximum Gasteiger partial charge on any atom is 0.229 e. The summed E-state index contributed by atoms with van der Waals surface area (Å²) in [5, 5.41) is 76.5. The van der Waals surface area contributed by atoms with Crippen LogP contribution in [0.1, 0.15) is 17.2 Å². The maximum absolute atomic E-state index is 9.99. The highest BCUT2D eigenvalue weighted by molar-refractivity contribution is 5.38. The van der Waals surface area contributed by atoms with Gasteiger partial charge in [-0.15, -0.1) is 0 Å². The predicted molar refractivity (Wildman–Crippen MR) is 84.8 cm³/mol. The predicted octanol–water partition coefficient (Wildman–Crippen LogP) is -3.26. The highest BCUT2D eigenvalue weighted by Crippen LogP contribution is 2.29. The first-order valence-electron chi connectivity index (χ1n) is 8.01. The third kappa shape index (κ3) is 4.31. The van der Waals surface area contributed by atoms with E-state index >= 15 is 0 Å². The summed E-state index contributed by atoms with van der Waals surface area (Å²) in [6, 6.07) is 4.06. The van der Waals surface area contributed by atoms with Crippen molar-refractivity contribution in [2.45, 2.75) is 49.5 Å². The fraction of sp³-hybridized carbons (Fsp3) is 0.625. The third-order valence-electron chi connectivity index (χ3n) is 4.24. The van der Waals surface area contributed by atoms with Gasteiger partial charge in [0.25, 0.3) is 0 Å². The largest absolute Gasteiger partial charge is 0.462 e. The van der Waals surface area contributed by atoms with Gasteiger partial charge in [0.05, 0.1) is 19.8 Å². The number of aliphatic hydroxyl groups excluding tert-OH is 8. The summed E-state index contributed by atoms with van der Waals surface area (Å²) in [6.45, 7) is -1.77. The molecule has 1 saturated heterocycles. The summed E-state index contributed by atoms with van der Waals surface area (Å²) < 4.78 is 10.7. The van der Waals surface area contributed by atoms with E-state index in [-0.39, 0.29) is 16.9 Å². The zero-order valence-electron chi connectivity index (χ0n) is 13.8. The second kappa shape index (κ2) is 9.04. The van der Waals surface area contributed by atoms with E-state index in [1.165, 1.54) is 18.2 Å². The Hall–Kier alpha value is -1.34. The Morgan fingerprint density at radius 3 is 2.27 bits per heavy atom. The summed E-state index contributed by atoms with van der Waals surface area (Å²) in [5.74, 6) is 0.0614. The minimum Gasteiger partial charge on any atom is -0.462 e. The van der Waals surface area contributed by atoms with Crippen LogP contribution in [-0.2, 0) is 11.3 Å². The SMILES string of the molecule is OCc1cc(C(O)C(O)CO)ccc1OC1OC(CO)C(O)C(O)C1O. The molecular formula is C16H24O10. The lowest BCUT2D eigenvalue weighted by Gasteiger charge is -2.39. The van der Waals surface area contributed by atoms with Crippen molar-refractivity contribution in [3.63, 3.8) is 0 Å². The molecule has 148 valence electrons. The summed E-state index contributed by atoms with van der Waals surface area (Å²) in [6.07, 6.45) is -10.1. The highest BCUT2D eigenvalue weighted by atomic mass is 16.7. The van der Waals surface area contributed by atoms with Crippen LogP contribution >= 0.6 is 0 Å². The quantitative estimate of drug-likeness (QED) is 0.241. The van der Waals surface area contributed by atoms with Crippen molar-refractivity contribution in [3.05, 3.63) is 29.3 Å². The number of benzene rings is 1. The van der Waals surface area contributed by atoms with E-state index in [9.17, 15) is 35.7 Å². The van der Waals surface area contributed by atoms with Crippen molar-refractivity contribution in [1.29, 1.82) is 0 Å². The first kappa shape index (κ1) is 21.0. The fourth-order valence-corrected chi connectivity index (χ4v) is 2.63. The van der Waals surface area contributed by atoms with Gasteiger partial charge in [0, 0.05) is 5.56 Å². The van der Waals surface area contributed by atoms with Crippen LogP contribution in [0.5, 0.6) is 5.75 Å². The Morgan fingerprint density at radius 1 is 1.00 bits per heavy atom. The minimum absolute atomic E-state index is 0.0614. The number of ether oxygens (including phenoxy) is 2. The Balaban J connectivity index is 2.20. The lowest BCUT2D eigenvalue weighted by Crippen LogP contribution is -2.60. The molecule has 1 heterocycles. The van der Waals surface area contributed by atoms with Crippen LogP contribution in [0.3, 0.4) is 0 Å². The molecule has 1 aromatic rings. The second-order valence-corrected chi connectivity index (χ2v) is 6.04. The van der Waals surface area contributed by atoms with Gasteiger partial charge in [0.2, 0.25) is 6.29 Å². The average molecular weight is 376 g/mol. The highest BCUT2D eigenvalue weighted by Gasteiger charge is 2.44. The molecule has 0 amide bonds. The molecule has 7 unspecified atom stereocenters. The van der Waals surface area contributed by atoms with Crippen molar-refractivity contribution < 1.29 is 50.3 Å². The first-order valence-corrected chi connectivity index (χ1v) is 8.01. The van der Waals surface area contributed by atoms with E-state index in [1.54, 1.807) is 0 Å². The van der Waals surface area contributed by atoms with E-state index in [4.69, 9.17) is 14.6 Å². The van der Waals surface area contributed by atoms with Gasteiger partial charge in [-0.05, 0) is 17.7 Å². The molecule has 10 heteroatoms. The van der Waals surface area contributed by atoms with Gasteiger partial charge in [-0.1, -0.05) is 6.07 Å². The molecule has 1 aromatic carbocycles. The number of hydrogen-bond acceptors (Lipinski definition) is 10. The molecule has 1 aliphatic heterocycles. The molecule has 7 atom stereocenters. The Morgan fingerprint density at radius 2 is 1.69 bits per heavy atom. The van der Waals surface area contributed by atoms with Gasteiger partial charge < -0.3 is 50.3 Å². The summed E-state index contributed by atoms with van der Waals surface area (Å²) in [7, 11) is 0. The molecule has 0 saturated carbocycles. The molecule has 2 rings (SSSR count). The van der Waals surface area contributed by atoms with Gasteiger partial charge >= 0.3 is 0 Å². The average Bonchev–Trinajstić information content (AvgIpc) is 2.67. The van der Waals surface area contributed by atoms with Gasteiger partial charge in [-0.2, -0.15) is 0 Å². The normalized spacial score (nSPS) is 31.5. The van der Waals surface area contributed by atoms with Crippen LogP contribution in [0.4, 0.5) is 0 Å². The van der Waals surface area contributed by atoms with Crippen LogP contribution in [0.2, 0.25) is 0 Å². The standard InChI is InChI=1S/C16H24O10/c17-4-8-3-7(12(21)9(20)5-18)1-2-10(8)25-16-15(24)14(23)13(22)11(6-19)26-16/h1-3,9,11-24H,4-6H2. The zero-order valence-corrected chi connectivity index (χ0v) is 13.8. The van der Waals surface area contributed by atoms with Crippen LogP contribution < -0.4 is 4.74 Å². The van der Waals surface area contributed by atoms with Crippen molar-refractivity contribution in [3.8, 4) is 5.75 Å². The molecule has 10 nitrogen and oxygen atoms in total. The van der Waals surface area contributed by atoms with Crippen LogP contribution in [0.15, 0.2) is 18.2 Å². The van der Waals surface area contributed by atoms with Crippen molar-refractivity contribution in [2.75, 3.05) is 13.2 Å². The van der Waals surface area contributed by atoms with Crippen molar-refractivity contribution >= 4 is 0 Å². The fourth-order valence-electron chi connectivity index (χ4n) is 2.63. The van der Waals surface area contributed by atoms with Gasteiger partial charge in [0.1, 0.15) is 42.4 Å². The number of rotatable bonds is 7. The number of hydrogen-bond donors (Lipinski definition) is 8. The summed E-state index contributed by atoms with van der Waals surface area (Å²) >= 11 is 0. The van der Waals surface area contributed by atoms with Crippen LogP contribution in [0.25, 0.3) is 0 Å². The van der Waals surface area contributed by atoms with E-state index in [0.717, 1.165) is 0 Å². The van der Waals surface area contributed by atoms with Gasteiger partial charge in [-0.3, -0.25) is 0 Å². The maximum atomic E-state index is 9.99. The lowest BCUT2D eigenvalue weighted by molar-refractivity contribution is -0.277. The zero-order chi connectivity index (χ0) is 19.4. The Labute approximate surface area is 149 Å². The van der Waals surface area contributed by atoms with E-state index in [1.807, 2.05) is 0 Å². The Bertz CT molecular complexity index is 580. The second-order valence-electron chi connectivity index (χ2n) is 6.04. The van der Waals surface area contributed by atoms with E-state index < -0.39 is 62.7 Å². The van der Waals surface area contributed by atoms with Crippen molar-refractivity contribution in [2.24, 2.45) is 0 Å². The molecular weight excluding hydrogens is 352 g/mol. The van der Waals surface area contributed by atoms with Crippen LogP contribution in [0, 0.1) is 0 Å². The molecule has 0 bridgehead atoms. The van der Waals surface area contributed by atoms with E-state index in [0.29, 0.717) is 0 Å². The molecule has 1 aliphatic rings. The third-order valence-corrected chi connectivity index (χ3v) is 4.24. The topological polar surface area (TPSA) is 180 Å². The molecule has 0 aliphatic carbocycles.